The molecule has 0 N–H and O–H groups in total. The Morgan fingerprint density at radius 1 is 0.710 bits per heavy atom. The van der Waals surface area contributed by atoms with Gasteiger partial charge in [-0.05, 0) is 80.2 Å². The summed E-state index contributed by atoms with van der Waals surface area (Å²) in [5, 5.41) is 0. The summed E-state index contributed by atoms with van der Waals surface area (Å²) in [6, 6.07) is 24.1. The largest absolute Gasteiger partial charge is 0.494 e. The summed E-state index contributed by atoms with van der Waals surface area (Å²) in [6.45, 7) is 1.72. The van der Waals surface area contributed by atoms with Crippen LogP contribution >= 0.6 is 0 Å². The van der Waals surface area contributed by atoms with E-state index >= 15 is 0 Å². The topological polar surface area (TPSA) is 51.1 Å². The predicted octanol–water partition coefficient (Wildman–Crippen LogP) is 5.20. The van der Waals surface area contributed by atoms with Crippen molar-refractivity contribution in [1.29, 1.82) is 0 Å². The summed E-state index contributed by atoms with van der Waals surface area (Å²) in [7, 11) is 4.14. The van der Waals surface area contributed by atoms with Crippen LogP contribution in [0.3, 0.4) is 0 Å². The van der Waals surface area contributed by atoms with Gasteiger partial charge < -0.3 is 9.64 Å². The average molecular weight is 411 g/mol. The van der Waals surface area contributed by atoms with Crippen LogP contribution in [0.2, 0.25) is 0 Å². The molecule has 0 saturated heterocycles. The number of pyridine rings is 3. The van der Waals surface area contributed by atoms with Crippen LogP contribution in [0, 0.1) is 0 Å². The number of aromatic nitrogens is 3. The molecule has 0 aliphatic carbocycles. The lowest BCUT2D eigenvalue weighted by Crippen LogP contribution is -2.15. The summed E-state index contributed by atoms with van der Waals surface area (Å²) in [5.41, 5.74) is 5.48. The van der Waals surface area contributed by atoms with Crippen LogP contribution in [0.25, 0.3) is 33.9 Å². The van der Waals surface area contributed by atoms with Gasteiger partial charge >= 0.3 is 0 Å². The van der Waals surface area contributed by atoms with E-state index < -0.39 is 0 Å². The standard InChI is InChI=1S/C26H26N4O/c1-30(2)16-7-17-31-22-12-10-20(11-13-22)21-18-25(23-8-3-5-14-27-23)29-26(19-21)24-9-4-6-15-28-24/h3-6,8-15,18-19H,7,16-17H2,1-2H3. The smallest absolute Gasteiger partial charge is 0.119 e. The molecular formula is C26H26N4O. The maximum Gasteiger partial charge on any atom is 0.119 e. The van der Waals surface area contributed by atoms with Gasteiger partial charge in [0, 0.05) is 18.9 Å². The Bertz CT molecular complexity index is 1040. The molecule has 0 spiro atoms. The minimum atomic E-state index is 0.709. The van der Waals surface area contributed by atoms with Crippen LogP contribution in [-0.2, 0) is 0 Å². The molecule has 4 rings (SSSR count). The van der Waals surface area contributed by atoms with Crippen molar-refractivity contribution in [2.24, 2.45) is 0 Å². The van der Waals surface area contributed by atoms with Gasteiger partial charge in [-0.2, -0.15) is 0 Å². The summed E-state index contributed by atoms with van der Waals surface area (Å²) in [6.07, 6.45) is 4.57. The number of ether oxygens (including phenoxy) is 1. The Kier molecular flexibility index (Phi) is 6.65. The zero-order chi connectivity index (χ0) is 21.5. The van der Waals surface area contributed by atoms with Crippen molar-refractivity contribution in [3.8, 4) is 39.7 Å². The molecule has 156 valence electrons. The van der Waals surface area contributed by atoms with Crippen LogP contribution in [-0.4, -0.2) is 47.1 Å². The number of benzene rings is 1. The highest BCUT2D eigenvalue weighted by molar-refractivity contribution is 5.74. The van der Waals surface area contributed by atoms with Crippen molar-refractivity contribution in [1.82, 2.24) is 19.9 Å². The Morgan fingerprint density at radius 3 is 1.84 bits per heavy atom. The van der Waals surface area contributed by atoms with Gasteiger partial charge in [-0.25, -0.2) is 4.98 Å². The third kappa shape index (κ3) is 5.53. The molecular weight excluding hydrogens is 384 g/mol. The highest BCUT2D eigenvalue weighted by atomic mass is 16.5. The zero-order valence-electron chi connectivity index (χ0n) is 17.9. The number of hydrogen-bond donors (Lipinski definition) is 0. The molecule has 31 heavy (non-hydrogen) atoms. The first-order valence-electron chi connectivity index (χ1n) is 10.4. The first kappa shape index (κ1) is 20.7. The lowest BCUT2D eigenvalue weighted by atomic mass is 10.0. The maximum absolute atomic E-state index is 5.87. The van der Waals surface area contributed by atoms with Gasteiger partial charge in [0.1, 0.15) is 5.75 Å². The Balaban J connectivity index is 1.63. The molecule has 0 fully saturated rings. The molecule has 5 heteroatoms. The summed E-state index contributed by atoms with van der Waals surface area (Å²) < 4.78 is 5.87. The molecule has 0 unspecified atom stereocenters. The van der Waals surface area contributed by atoms with Crippen molar-refractivity contribution in [3.63, 3.8) is 0 Å². The summed E-state index contributed by atoms with van der Waals surface area (Å²) in [5.74, 6) is 0.881. The fourth-order valence-electron chi connectivity index (χ4n) is 3.30. The molecule has 5 nitrogen and oxygen atoms in total. The lowest BCUT2D eigenvalue weighted by molar-refractivity contribution is 0.281. The number of rotatable bonds is 8. The molecule has 3 heterocycles. The van der Waals surface area contributed by atoms with E-state index in [1.807, 2.05) is 48.5 Å². The van der Waals surface area contributed by atoms with Gasteiger partial charge in [0.15, 0.2) is 0 Å². The van der Waals surface area contributed by atoms with Crippen molar-refractivity contribution < 1.29 is 4.74 Å². The van der Waals surface area contributed by atoms with E-state index in [9.17, 15) is 0 Å². The Hall–Kier alpha value is -3.57. The van der Waals surface area contributed by atoms with Gasteiger partial charge in [0.25, 0.3) is 0 Å². The fraction of sp³-hybridized carbons (Fsp3) is 0.192. The SMILES string of the molecule is CN(C)CCCOc1ccc(-c2cc(-c3ccccn3)nc(-c3ccccn3)c2)cc1. The molecule has 1 aromatic carbocycles. The Morgan fingerprint density at radius 2 is 1.32 bits per heavy atom. The van der Waals surface area contributed by atoms with E-state index in [0.29, 0.717) is 6.61 Å². The molecule has 0 aliphatic heterocycles. The van der Waals surface area contributed by atoms with Crippen LogP contribution in [0.15, 0.2) is 85.2 Å². The molecule has 0 radical (unpaired) electrons. The highest BCUT2D eigenvalue weighted by Gasteiger charge is 2.10. The minimum Gasteiger partial charge on any atom is -0.494 e. The first-order valence-corrected chi connectivity index (χ1v) is 10.4. The third-order valence-corrected chi connectivity index (χ3v) is 4.89. The molecule has 0 amide bonds. The average Bonchev–Trinajstić information content (AvgIpc) is 2.83. The van der Waals surface area contributed by atoms with E-state index in [-0.39, 0.29) is 0 Å². The second-order valence-electron chi connectivity index (χ2n) is 7.59. The molecule has 0 aliphatic rings. The van der Waals surface area contributed by atoms with E-state index in [2.05, 4.69) is 53.2 Å². The van der Waals surface area contributed by atoms with Gasteiger partial charge in [-0.1, -0.05) is 24.3 Å². The quantitative estimate of drug-likeness (QED) is 0.374. The molecule has 4 aromatic rings. The molecule has 3 aromatic heterocycles. The second kappa shape index (κ2) is 9.96. The van der Waals surface area contributed by atoms with Crippen LogP contribution in [0.5, 0.6) is 5.75 Å². The summed E-state index contributed by atoms with van der Waals surface area (Å²) >= 11 is 0. The Labute approximate surface area is 183 Å². The van der Waals surface area contributed by atoms with Crippen LogP contribution in [0.1, 0.15) is 6.42 Å². The molecule has 0 saturated carbocycles. The first-order chi connectivity index (χ1) is 15.2. The highest BCUT2D eigenvalue weighted by Crippen LogP contribution is 2.29. The van der Waals surface area contributed by atoms with E-state index in [1.54, 1.807) is 12.4 Å². The van der Waals surface area contributed by atoms with Crippen LogP contribution in [0.4, 0.5) is 0 Å². The van der Waals surface area contributed by atoms with E-state index in [1.165, 1.54) is 0 Å². The molecule has 0 bridgehead atoms. The fourth-order valence-corrected chi connectivity index (χ4v) is 3.30. The third-order valence-electron chi connectivity index (χ3n) is 4.89. The van der Waals surface area contributed by atoms with Crippen molar-refractivity contribution in [3.05, 3.63) is 85.2 Å². The van der Waals surface area contributed by atoms with E-state index in [4.69, 9.17) is 9.72 Å². The van der Waals surface area contributed by atoms with E-state index in [0.717, 1.165) is 52.6 Å². The maximum atomic E-state index is 5.87. The van der Waals surface area contributed by atoms with Crippen molar-refractivity contribution in [2.45, 2.75) is 6.42 Å². The summed E-state index contributed by atoms with van der Waals surface area (Å²) in [4.78, 5) is 15.9. The van der Waals surface area contributed by atoms with Crippen LogP contribution < -0.4 is 4.74 Å². The predicted molar refractivity (Wildman–Crippen MR) is 125 cm³/mol. The zero-order valence-corrected chi connectivity index (χ0v) is 17.9. The van der Waals surface area contributed by atoms with Gasteiger partial charge in [-0.3, -0.25) is 9.97 Å². The molecule has 0 atom stereocenters. The van der Waals surface area contributed by atoms with Crippen molar-refractivity contribution in [2.75, 3.05) is 27.2 Å². The van der Waals surface area contributed by atoms with Gasteiger partial charge in [-0.15, -0.1) is 0 Å². The van der Waals surface area contributed by atoms with Crippen molar-refractivity contribution >= 4 is 0 Å². The normalized spacial score (nSPS) is 10.9. The minimum absolute atomic E-state index is 0.709. The number of hydrogen-bond acceptors (Lipinski definition) is 5. The van der Waals surface area contributed by atoms with Gasteiger partial charge in [0.2, 0.25) is 0 Å². The number of nitrogens with zero attached hydrogens (tertiary/aromatic N) is 4. The second-order valence-corrected chi connectivity index (χ2v) is 7.59. The monoisotopic (exact) mass is 410 g/mol. The van der Waals surface area contributed by atoms with Gasteiger partial charge in [0.05, 0.1) is 29.4 Å². The lowest BCUT2D eigenvalue weighted by Gasteiger charge is -2.12.